The van der Waals surface area contributed by atoms with Crippen molar-refractivity contribution < 1.29 is 32.7 Å². The van der Waals surface area contributed by atoms with Gasteiger partial charge in [0.2, 0.25) is 0 Å². The molecule has 1 saturated carbocycles. The van der Waals surface area contributed by atoms with Crippen molar-refractivity contribution in [2.75, 3.05) is 20.1 Å². The fourth-order valence-corrected chi connectivity index (χ4v) is 2.71. The van der Waals surface area contributed by atoms with Gasteiger partial charge in [-0.25, -0.2) is 6.42 Å². The van der Waals surface area contributed by atoms with E-state index in [0.717, 1.165) is 24.2 Å². The van der Waals surface area contributed by atoms with E-state index in [9.17, 15) is 0 Å². The molecule has 0 bridgehead atoms. The molecule has 2 fully saturated rings. The molecule has 0 spiro atoms. The molecule has 2 aliphatic rings. The Kier molecular flexibility index (Phi) is 4.20. The van der Waals surface area contributed by atoms with Crippen molar-refractivity contribution in [3.63, 3.8) is 0 Å². The third-order valence-corrected chi connectivity index (χ3v) is 3.30. The zero-order valence-electron chi connectivity index (χ0n) is 7.87. The summed E-state index contributed by atoms with van der Waals surface area (Å²) in [5.41, 5.74) is 0. The number of hydrogen-bond acceptors (Lipinski definition) is 1. The van der Waals surface area contributed by atoms with Gasteiger partial charge in [-0.15, -0.1) is 0 Å². The van der Waals surface area contributed by atoms with E-state index in [1.807, 2.05) is 0 Å². The van der Waals surface area contributed by atoms with Crippen LogP contribution < -0.4 is 0 Å². The fraction of sp³-hybridized carbons (Fsp3) is 0.800. The van der Waals surface area contributed by atoms with Gasteiger partial charge >= 0.3 is 0 Å². The maximum atomic E-state index is 4.00. The van der Waals surface area contributed by atoms with Crippen molar-refractivity contribution >= 4 is 0 Å². The molecule has 0 aromatic carbocycles. The van der Waals surface area contributed by atoms with Gasteiger partial charge in [0.15, 0.2) is 0 Å². The zero-order valence-corrected chi connectivity index (χ0v) is 10.7. The van der Waals surface area contributed by atoms with Gasteiger partial charge in [0, 0.05) is 32.7 Å². The molecule has 0 N–H and O–H groups in total. The summed E-state index contributed by atoms with van der Waals surface area (Å²) in [5, 5.41) is 0. The van der Waals surface area contributed by atoms with Gasteiger partial charge in [0.1, 0.15) is 0 Å². The molecule has 1 radical (unpaired) electrons. The van der Waals surface area contributed by atoms with Crippen molar-refractivity contribution in [1.82, 2.24) is 4.90 Å². The molecule has 0 aromatic heterocycles. The van der Waals surface area contributed by atoms with Gasteiger partial charge in [-0.3, -0.25) is 0 Å². The first-order valence-electron chi connectivity index (χ1n) is 4.62. The Bertz CT molecular complexity index is 147. The predicted molar refractivity (Wildman–Crippen MR) is 46.9 cm³/mol. The van der Waals surface area contributed by atoms with E-state index >= 15 is 0 Å². The van der Waals surface area contributed by atoms with Crippen LogP contribution in [-0.4, -0.2) is 25.0 Å². The summed E-state index contributed by atoms with van der Waals surface area (Å²) < 4.78 is 0. The van der Waals surface area contributed by atoms with Crippen LogP contribution in [0.5, 0.6) is 0 Å². The topological polar surface area (TPSA) is 3.24 Å². The number of fused-ring (bicyclic) bond motifs is 1. The Morgan fingerprint density at radius 2 is 2.25 bits per heavy atom. The Morgan fingerprint density at radius 3 is 2.92 bits per heavy atom. The molecule has 2 rings (SSSR count). The van der Waals surface area contributed by atoms with E-state index in [1.54, 1.807) is 0 Å². The minimum absolute atomic E-state index is 0. The minimum atomic E-state index is 0. The molecular formula is C10H17NY-2. The molecule has 0 aromatic rings. The second kappa shape index (κ2) is 4.53. The van der Waals surface area contributed by atoms with Gasteiger partial charge in [-0.1, -0.05) is 11.8 Å². The second-order valence-electron chi connectivity index (χ2n) is 4.07. The molecule has 67 valence electrons. The number of nitrogens with zero attached hydrogens (tertiary/aromatic N) is 1. The van der Waals surface area contributed by atoms with Crippen LogP contribution in [-0.2, 0) is 32.7 Å². The first-order valence-corrected chi connectivity index (χ1v) is 4.62. The zero-order chi connectivity index (χ0) is 7.84. The molecule has 1 saturated heterocycles. The Morgan fingerprint density at radius 1 is 1.50 bits per heavy atom. The summed E-state index contributed by atoms with van der Waals surface area (Å²) in [7, 11) is 2.23. The standard InChI is InChI=1S/C10H17N.Y/c1-3-8-4-5-9-6-11(2)7-10(8)9;/h4,8-10H,1,3,5-7H2,2H3;/q-2;. The van der Waals surface area contributed by atoms with Crippen LogP contribution in [0.2, 0.25) is 0 Å². The minimum Gasteiger partial charge on any atom is -0.345 e. The quantitative estimate of drug-likeness (QED) is 0.629. The molecule has 1 heterocycles. The summed E-state index contributed by atoms with van der Waals surface area (Å²) in [5.74, 6) is 2.73. The summed E-state index contributed by atoms with van der Waals surface area (Å²) in [4.78, 5) is 2.46. The first kappa shape index (κ1) is 11.1. The number of rotatable bonds is 1. The molecule has 1 aliphatic carbocycles. The third kappa shape index (κ3) is 1.94. The van der Waals surface area contributed by atoms with E-state index in [4.69, 9.17) is 0 Å². The summed E-state index contributed by atoms with van der Waals surface area (Å²) in [6, 6.07) is 0. The Balaban J connectivity index is 0.000000720. The molecule has 2 heteroatoms. The van der Waals surface area contributed by atoms with E-state index in [2.05, 4.69) is 25.3 Å². The molecule has 3 atom stereocenters. The van der Waals surface area contributed by atoms with Crippen LogP contribution in [0.3, 0.4) is 0 Å². The van der Waals surface area contributed by atoms with Gasteiger partial charge in [0.25, 0.3) is 0 Å². The average molecular weight is 240 g/mol. The predicted octanol–water partition coefficient (Wildman–Crippen LogP) is 1.61. The fourth-order valence-electron chi connectivity index (χ4n) is 2.71. The van der Waals surface area contributed by atoms with Crippen LogP contribution in [0.4, 0.5) is 0 Å². The van der Waals surface area contributed by atoms with Crippen molar-refractivity contribution in [1.29, 1.82) is 0 Å². The molecular weight excluding hydrogens is 223 g/mol. The van der Waals surface area contributed by atoms with Crippen LogP contribution in [0.25, 0.3) is 0 Å². The van der Waals surface area contributed by atoms with Crippen molar-refractivity contribution in [3.8, 4) is 0 Å². The van der Waals surface area contributed by atoms with Gasteiger partial charge < -0.3 is 18.2 Å². The van der Waals surface area contributed by atoms with Gasteiger partial charge in [-0.2, -0.15) is 12.3 Å². The van der Waals surface area contributed by atoms with Crippen molar-refractivity contribution in [3.05, 3.63) is 13.3 Å². The average Bonchev–Trinajstić information content (AvgIpc) is 2.45. The van der Waals surface area contributed by atoms with E-state index < -0.39 is 0 Å². The molecule has 1 aliphatic heterocycles. The molecule has 0 amide bonds. The second-order valence-corrected chi connectivity index (χ2v) is 4.07. The molecule has 1 nitrogen and oxygen atoms in total. The largest absolute Gasteiger partial charge is 0.345 e. The Labute approximate surface area is 101 Å². The maximum absolute atomic E-state index is 4.00. The summed E-state index contributed by atoms with van der Waals surface area (Å²) >= 11 is 0. The maximum Gasteiger partial charge on any atom is 0 e. The van der Waals surface area contributed by atoms with Crippen molar-refractivity contribution in [2.24, 2.45) is 17.8 Å². The van der Waals surface area contributed by atoms with Crippen LogP contribution in [0.1, 0.15) is 12.8 Å². The van der Waals surface area contributed by atoms with Crippen LogP contribution in [0.15, 0.2) is 0 Å². The van der Waals surface area contributed by atoms with E-state index in [1.165, 1.54) is 19.5 Å². The van der Waals surface area contributed by atoms with Crippen LogP contribution >= 0.6 is 0 Å². The SMILES string of the molecule is [CH2-]CC1[CH-]CC2CN(C)CC12.[Y]. The van der Waals surface area contributed by atoms with Gasteiger partial charge in [-0.05, 0) is 20.1 Å². The summed E-state index contributed by atoms with van der Waals surface area (Å²) in [6.45, 7) is 6.63. The normalized spacial score (nSPS) is 41.0. The van der Waals surface area contributed by atoms with E-state index in [0.29, 0.717) is 0 Å². The molecule has 12 heavy (non-hydrogen) atoms. The third-order valence-electron chi connectivity index (χ3n) is 3.30. The molecule has 3 unspecified atom stereocenters. The van der Waals surface area contributed by atoms with Crippen LogP contribution in [0, 0.1) is 31.1 Å². The number of hydrogen-bond donors (Lipinski definition) is 0. The monoisotopic (exact) mass is 240 g/mol. The van der Waals surface area contributed by atoms with E-state index in [-0.39, 0.29) is 32.7 Å². The van der Waals surface area contributed by atoms with Gasteiger partial charge in [0.05, 0.1) is 0 Å². The summed E-state index contributed by atoms with van der Waals surface area (Å²) in [6.07, 6.45) is 4.94. The number of likely N-dealkylation sites (tertiary alicyclic amines) is 1. The first-order chi connectivity index (χ1) is 5.31. The smallest absolute Gasteiger partial charge is 0 e. The van der Waals surface area contributed by atoms with Crippen molar-refractivity contribution in [2.45, 2.75) is 12.8 Å². The Hall–Kier alpha value is 1.06.